The molecule has 1 aliphatic heterocycles. The maximum absolute atomic E-state index is 12.8. The third-order valence-corrected chi connectivity index (χ3v) is 5.84. The fraction of sp³-hybridized carbons (Fsp3) is 0.240. The molecule has 0 bridgehead atoms. The molecular weight excluding hydrogens is 475 g/mol. The molecule has 4 aromatic rings. The van der Waals surface area contributed by atoms with Gasteiger partial charge in [-0.25, -0.2) is 9.97 Å². The van der Waals surface area contributed by atoms with E-state index in [0.29, 0.717) is 54.1 Å². The van der Waals surface area contributed by atoms with Crippen LogP contribution in [0.25, 0.3) is 11.0 Å². The van der Waals surface area contributed by atoms with Crippen molar-refractivity contribution >= 4 is 34.4 Å². The van der Waals surface area contributed by atoms with E-state index < -0.39 is 11.7 Å². The average Bonchev–Trinajstić information content (AvgIpc) is 3.48. The van der Waals surface area contributed by atoms with E-state index in [0.717, 1.165) is 17.6 Å². The van der Waals surface area contributed by atoms with Crippen molar-refractivity contribution in [2.24, 2.45) is 13.0 Å². The first-order valence-electron chi connectivity index (χ1n) is 11.2. The molecule has 11 heteroatoms. The fourth-order valence-electron chi connectivity index (χ4n) is 3.88. The number of hydrogen-bond donors (Lipinski definition) is 2. The number of ether oxygens (including phenoxy) is 2. The number of rotatable bonds is 6. The minimum absolute atomic E-state index is 0.139. The Morgan fingerprint density at radius 2 is 1.89 bits per heavy atom. The van der Waals surface area contributed by atoms with E-state index in [9.17, 15) is 18.0 Å². The van der Waals surface area contributed by atoms with Crippen LogP contribution in [0.2, 0.25) is 0 Å². The van der Waals surface area contributed by atoms with Crippen LogP contribution in [-0.4, -0.2) is 33.7 Å². The highest BCUT2D eigenvalue weighted by Crippen LogP contribution is 2.32. The molecule has 0 aliphatic carbocycles. The number of benzene rings is 2. The summed E-state index contributed by atoms with van der Waals surface area (Å²) in [6.07, 6.45) is -2.16. The number of aryl methyl sites for hydroxylation is 1. The summed E-state index contributed by atoms with van der Waals surface area (Å²) in [5.74, 6) is 1.53. The number of nitrogens with zero attached hydrogens (tertiary/aromatic N) is 3. The number of imidazole rings is 1. The molecule has 8 nitrogen and oxygen atoms in total. The van der Waals surface area contributed by atoms with Crippen LogP contribution in [-0.2, 0) is 22.8 Å². The van der Waals surface area contributed by atoms with Gasteiger partial charge >= 0.3 is 6.18 Å². The summed E-state index contributed by atoms with van der Waals surface area (Å²) in [7, 11) is 1.80. The van der Waals surface area contributed by atoms with Gasteiger partial charge in [0.05, 0.1) is 29.1 Å². The number of carbonyl (C=O) groups is 1. The zero-order valence-electron chi connectivity index (χ0n) is 19.2. The molecule has 5 rings (SSSR count). The lowest BCUT2D eigenvalue weighted by Crippen LogP contribution is -2.23. The SMILES string of the molecule is Cn1c(Nc2ccc(C(F)(F)F)cc2)nc2cc(Oc3ccnc(NC(=O)C4CCOC4)c3)ccc21. The van der Waals surface area contributed by atoms with Gasteiger partial charge in [-0.1, -0.05) is 0 Å². The Morgan fingerprint density at radius 3 is 2.61 bits per heavy atom. The minimum Gasteiger partial charge on any atom is -0.457 e. The van der Waals surface area contributed by atoms with Crippen molar-refractivity contribution in [3.05, 3.63) is 66.4 Å². The lowest BCUT2D eigenvalue weighted by atomic mass is 10.1. The van der Waals surface area contributed by atoms with E-state index >= 15 is 0 Å². The summed E-state index contributed by atoms with van der Waals surface area (Å²) in [4.78, 5) is 21.0. The number of pyridine rings is 1. The van der Waals surface area contributed by atoms with Crippen LogP contribution < -0.4 is 15.4 Å². The Kier molecular flexibility index (Phi) is 6.23. The van der Waals surface area contributed by atoms with Crippen molar-refractivity contribution in [3.63, 3.8) is 0 Å². The molecule has 186 valence electrons. The van der Waals surface area contributed by atoms with Gasteiger partial charge in [0, 0.05) is 37.7 Å². The van der Waals surface area contributed by atoms with Gasteiger partial charge in [-0.3, -0.25) is 4.79 Å². The topological polar surface area (TPSA) is 90.3 Å². The van der Waals surface area contributed by atoms with Gasteiger partial charge < -0.3 is 24.7 Å². The smallest absolute Gasteiger partial charge is 0.416 e. The number of amides is 1. The van der Waals surface area contributed by atoms with Crippen molar-refractivity contribution in [1.82, 2.24) is 14.5 Å². The number of nitrogens with one attached hydrogen (secondary N) is 2. The number of halogens is 3. The van der Waals surface area contributed by atoms with Crippen LogP contribution in [0.15, 0.2) is 60.8 Å². The highest BCUT2D eigenvalue weighted by atomic mass is 19.4. The lowest BCUT2D eigenvalue weighted by Gasteiger charge is -2.10. The molecule has 0 spiro atoms. The van der Waals surface area contributed by atoms with Crippen LogP contribution >= 0.6 is 0 Å². The van der Waals surface area contributed by atoms with Crippen molar-refractivity contribution in [1.29, 1.82) is 0 Å². The summed E-state index contributed by atoms with van der Waals surface area (Å²) in [5.41, 5.74) is 1.20. The molecule has 1 aliphatic rings. The van der Waals surface area contributed by atoms with Gasteiger partial charge in [0.1, 0.15) is 17.3 Å². The Labute approximate surface area is 204 Å². The molecule has 0 saturated carbocycles. The summed E-state index contributed by atoms with van der Waals surface area (Å²) in [5, 5.41) is 5.83. The molecule has 1 saturated heterocycles. The maximum atomic E-state index is 12.8. The first kappa shape index (κ1) is 23.6. The molecule has 0 radical (unpaired) electrons. The molecule has 2 aromatic carbocycles. The van der Waals surface area contributed by atoms with E-state index in [4.69, 9.17) is 9.47 Å². The molecule has 2 aromatic heterocycles. The van der Waals surface area contributed by atoms with Crippen molar-refractivity contribution < 1.29 is 27.4 Å². The highest BCUT2D eigenvalue weighted by Gasteiger charge is 2.30. The average molecular weight is 497 g/mol. The first-order valence-corrected chi connectivity index (χ1v) is 11.2. The van der Waals surface area contributed by atoms with Crippen LogP contribution in [0.3, 0.4) is 0 Å². The maximum Gasteiger partial charge on any atom is 0.416 e. The molecule has 3 heterocycles. The molecule has 36 heavy (non-hydrogen) atoms. The second-order valence-corrected chi connectivity index (χ2v) is 8.37. The fourth-order valence-corrected chi connectivity index (χ4v) is 3.88. The first-order chi connectivity index (χ1) is 17.3. The van der Waals surface area contributed by atoms with Gasteiger partial charge in [-0.05, 0) is 48.9 Å². The normalized spacial score (nSPS) is 15.7. The zero-order chi connectivity index (χ0) is 25.3. The van der Waals surface area contributed by atoms with E-state index in [1.807, 2.05) is 6.07 Å². The second kappa shape index (κ2) is 9.50. The van der Waals surface area contributed by atoms with Gasteiger partial charge in [0.15, 0.2) is 0 Å². The van der Waals surface area contributed by atoms with Crippen molar-refractivity contribution in [3.8, 4) is 11.5 Å². The summed E-state index contributed by atoms with van der Waals surface area (Å²) >= 11 is 0. The van der Waals surface area contributed by atoms with Gasteiger partial charge in [-0.2, -0.15) is 13.2 Å². The molecular formula is C25H22F3N5O3. The van der Waals surface area contributed by atoms with Crippen LogP contribution in [0.5, 0.6) is 11.5 Å². The summed E-state index contributed by atoms with van der Waals surface area (Å²) in [6.45, 7) is 0.980. The van der Waals surface area contributed by atoms with E-state index in [-0.39, 0.29) is 11.8 Å². The minimum atomic E-state index is -4.39. The third kappa shape index (κ3) is 5.10. The number of aromatic nitrogens is 3. The molecule has 1 atom stereocenters. The second-order valence-electron chi connectivity index (χ2n) is 8.37. The van der Waals surface area contributed by atoms with E-state index in [1.165, 1.54) is 12.1 Å². The molecule has 1 fully saturated rings. The molecule has 1 amide bonds. The van der Waals surface area contributed by atoms with Crippen molar-refractivity contribution in [2.75, 3.05) is 23.8 Å². The standard InChI is InChI=1S/C25H22F3N5O3/c1-33-21-7-6-18(36-19-8-10-29-22(13-19)32-23(34)15-9-11-35-14-15)12-20(21)31-24(33)30-17-4-2-16(3-5-17)25(26,27)28/h2-8,10,12-13,15H,9,11,14H2,1H3,(H,30,31)(H,29,32,34). The Bertz CT molecular complexity index is 1400. The van der Waals surface area contributed by atoms with Gasteiger partial charge in [0.25, 0.3) is 0 Å². The highest BCUT2D eigenvalue weighted by molar-refractivity contribution is 5.92. The van der Waals surface area contributed by atoms with Crippen LogP contribution in [0.1, 0.15) is 12.0 Å². The molecule has 2 N–H and O–H groups in total. The quantitative estimate of drug-likeness (QED) is 0.366. The van der Waals surface area contributed by atoms with Crippen LogP contribution in [0.4, 0.5) is 30.6 Å². The largest absolute Gasteiger partial charge is 0.457 e. The number of fused-ring (bicyclic) bond motifs is 1. The van der Waals surface area contributed by atoms with E-state index in [2.05, 4.69) is 20.6 Å². The zero-order valence-corrected chi connectivity index (χ0v) is 19.2. The predicted octanol–water partition coefficient (Wildman–Crippen LogP) is 5.50. The lowest BCUT2D eigenvalue weighted by molar-refractivity contribution is -0.137. The Morgan fingerprint density at radius 1 is 1.11 bits per heavy atom. The molecule has 1 unspecified atom stereocenters. The number of anilines is 3. The van der Waals surface area contributed by atoms with Gasteiger partial charge in [0.2, 0.25) is 11.9 Å². The summed E-state index contributed by atoms with van der Waals surface area (Å²) in [6, 6.07) is 13.4. The number of alkyl halides is 3. The Balaban J connectivity index is 1.30. The van der Waals surface area contributed by atoms with Crippen molar-refractivity contribution in [2.45, 2.75) is 12.6 Å². The number of carbonyl (C=O) groups excluding carboxylic acids is 1. The number of hydrogen-bond acceptors (Lipinski definition) is 6. The van der Waals surface area contributed by atoms with Crippen LogP contribution in [0, 0.1) is 5.92 Å². The summed E-state index contributed by atoms with van der Waals surface area (Å²) < 4.78 is 51.4. The van der Waals surface area contributed by atoms with E-state index in [1.54, 1.807) is 42.1 Å². The Hall–Kier alpha value is -4.12. The third-order valence-electron chi connectivity index (χ3n) is 5.84. The van der Waals surface area contributed by atoms with Gasteiger partial charge in [-0.15, -0.1) is 0 Å². The monoisotopic (exact) mass is 497 g/mol. The predicted molar refractivity (Wildman–Crippen MR) is 127 cm³/mol.